The topological polar surface area (TPSA) is 76.7 Å². The van der Waals surface area contributed by atoms with Crippen LogP contribution in [0.15, 0.2) is 78.9 Å². The van der Waals surface area contributed by atoms with Gasteiger partial charge in [0.25, 0.3) is 0 Å². The average molecular weight is 475 g/mol. The second-order valence-electron chi connectivity index (χ2n) is 8.33. The molecule has 0 radical (unpaired) electrons. The highest BCUT2D eigenvalue weighted by atomic mass is 16.5. The lowest BCUT2D eigenvalue weighted by molar-refractivity contribution is -0.129. The molecule has 184 valence electrons. The van der Waals surface area contributed by atoms with Gasteiger partial charge >= 0.3 is 0 Å². The van der Waals surface area contributed by atoms with Crippen molar-refractivity contribution < 1.29 is 19.1 Å². The van der Waals surface area contributed by atoms with Crippen molar-refractivity contribution in [3.8, 4) is 11.5 Å². The maximum Gasteiger partial charge on any atom is 0.242 e. The number of methoxy groups -OCH3 is 2. The summed E-state index contributed by atoms with van der Waals surface area (Å²) in [6.45, 7) is 2.45. The molecule has 0 aliphatic rings. The van der Waals surface area contributed by atoms with Crippen LogP contribution in [-0.4, -0.2) is 38.6 Å². The Morgan fingerprint density at radius 2 is 1.40 bits per heavy atom. The number of nitrogens with one attached hydrogen (secondary N) is 2. The SMILES string of the molecule is CCCC(NC(=O)C(c1ccccc1)c1ccccc1)C(=O)NCCc1ccc(OC)c(OC)c1. The van der Waals surface area contributed by atoms with Gasteiger partial charge in [0.1, 0.15) is 6.04 Å². The van der Waals surface area contributed by atoms with Crippen LogP contribution in [0.3, 0.4) is 0 Å². The number of carbonyl (C=O) groups excluding carboxylic acids is 2. The van der Waals surface area contributed by atoms with E-state index in [9.17, 15) is 9.59 Å². The first kappa shape index (κ1) is 25.8. The predicted molar refractivity (Wildman–Crippen MR) is 138 cm³/mol. The Morgan fingerprint density at radius 3 is 1.94 bits per heavy atom. The van der Waals surface area contributed by atoms with Gasteiger partial charge in [-0.15, -0.1) is 0 Å². The molecule has 2 N–H and O–H groups in total. The lowest BCUT2D eigenvalue weighted by Gasteiger charge is -2.23. The van der Waals surface area contributed by atoms with Gasteiger partial charge in [0, 0.05) is 6.54 Å². The Bertz CT molecular complexity index is 1050. The van der Waals surface area contributed by atoms with Gasteiger partial charge in [-0.05, 0) is 41.7 Å². The fourth-order valence-electron chi connectivity index (χ4n) is 4.09. The monoisotopic (exact) mass is 474 g/mol. The van der Waals surface area contributed by atoms with Crippen LogP contribution in [-0.2, 0) is 16.0 Å². The third-order valence-corrected chi connectivity index (χ3v) is 5.90. The molecule has 0 aliphatic heterocycles. The van der Waals surface area contributed by atoms with Gasteiger partial charge in [0.05, 0.1) is 20.1 Å². The van der Waals surface area contributed by atoms with Crippen molar-refractivity contribution in [2.24, 2.45) is 0 Å². The van der Waals surface area contributed by atoms with Crippen LogP contribution in [0.4, 0.5) is 0 Å². The van der Waals surface area contributed by atoms with Crippen molar-refractivity contribution in [2.75, 3.05) is 20.8 Å². The summed E-state index contributed by atoms with van der Waals surface area (Å²) in [6, 6.07) is 24.4. The fraction of sp³-hybridized carbons (Fsp3) is 0.310. The highest BCUT2D eigenvalue weighted by molar-refractivity contribution is 5.92. The molecule has 35 heavy (non-hydrogen) atoms. The van der Waals surface area contributed by atoms with Crippen LogP contribution in [0.2, 0.25) is 0 Å². The van der Waals surface area contributed by atoms with E-state index in [1.807, 2.05) is 85.8 Å². The average Bonchev–Trinajstić information content (AvgIpc) is 2.89. The number of benzene rings is 3. The van der Waals surface area contributed by atoms with E-state index in [4.69, 9.17) is 9.47 Å². The van der Waals surface area contributed by atoms with Gasteiger partial charge in [-0.3, -0.25) is 9.59 Å². The van der Waals surface area contributed by atoms with Crippen LogP contribution >= 0.6 is 0 Å². The number of ether oxygens (including phenoxy) is 2. The van der Waals surface area contributed by atoms with Gasteiger partial charge in [0.15, 0.2) is 11.5 Å². The van der Waals surface area contributed by atoms with Crippen LogP contribution in [0.25, 0.3) is 0 Å². The second-order valence-corrected chi connectivity index (χ2v) is 8.33. The van der Waals surface area contributed by atoms with Crippen LogP contribution in [0, 0.1) is 0 Å². The minimum absolute atomic E-state index is 0.180. The van der Waals surface area contributed by atoms with Crippen molar-refractivity contribution in [3.63, 3.8) is 0 Å². The molecule has 0 fully saturated rings. The molecule has 2 amide bonds. The van der Waals surface area contributed by atoms with Crippen molar-refractivity contribution in [3.05, 3.63) is 95.6 Å². The largest absolute Gasteiger partial charge is 0.493 e. The summed E-state index contributed by atoms with van der Waals surface area (Å²) in [5.41, 5.74) is 2.80. The molecule has 6 heteroatoms. The molecule has 0 heterocycles. The molecule has 3 aromatic rings. The Morgan fingerprint density at radius 1 is 0.800 bits per heavy atom. The highest BCUT2D eigenvalue weighted by Crippen LogP contribution is 2.28. The molecule has 3 rings (SSSR count). The Hall–Kier alpha value is -3.80. The minimum atomic E-state index is -0.604. The van der Waals surface area contributed by atoms with Gasteiger partial charge in [-0.25, -0.2) is 0 Å². The highest BCUT2D eigenvalue weighted by Gasteiger charge is 2.27. The molecule has 0 saturated heterocycles. The van der Waals surface area contributed by atoms with Crippen molar-refractivity contribution in [1.82, 2.24) is 10.6 Å². The van der Waals surface area contributed by atoms with Crippen LogP contribution in [0.1, 0.15) is 42.4 Å². The lowest BCUT2D eigenvalue weighted by Crippen LogP contribution is -2.48. The van der Waals surface area contributed by atoms with Crippen molar-refractivity contribution in [2.45, 2.75) is 38.1 Å². The first-order valence-corrected chi connectivity index (χ1v) is 12.0. The van der Waals surface area contributed by atoms with Gasteiger partial charge < -0.3 is 20.1 Å². The number of hydrogen-bond acceptors (Lipinski definition) is 4. The number of rotatable bonds is 12. The first-order valence-electron chi connectivity index (χ1n) is 12.0. The normalized spacial score (nSPS) is 11.5. The van der Waals surface area contributed by atoms with Gasteiger partial charge in [-0.1, -0.05) is 80.1 Å². The zero-order valence-corrected chi connectivity index (χ0v) is 20.6. The van der Waals surface area contributed by atoms with Crippen LogP contribution in [0.5, 0.6) is 11.5 Å². The molecular weight excluding hydrogens is 440 g/mol. The fourth-order valence-corrected chi connectivity index (χ4v) is 4.09. The Balaban J connectivity index is 1.67. The summed E-state index contributed by atoms with van der Waals surface area (Å²) in [5.74, 6) is 0.463. The van der Waals surface area contributed by atoms with E-state index >= 15 is 0 Å². The van der Waals surface area contributed by atoms with E-state index in [1.165, 1.54) is 0 Å². The first-order chi connectivity index (χ1) is 17.1. The third kappa shape index (κ3) is 7.09. The van der Waals surface area contributed by atoms with Gasteiger partial charge in [0.2, 0.25) is 11.8 Å². The zero-order valence-electron chi connectivity index (χ0n) is 20.6. The Labute approximate surface area is 207 Å². The maximum atomic E-state index is 13.4. The molecule has 6 nitrogen and oxygen atoms in total. The quantitative estimate of drug-likeness (QED) is 0.406. The molecule has 0 aliphatic carbocycles. The van der Waals surface area contributed by atoms with Gasteiger partial charge in [-0.2, -0.15) is 0 Å². The summed E-state index contributed by atoms with van der Waals surface area (Å²) >= 11 is 0. The molecule has 0 bridgehead atoms. The minimum Gasteiger partial charge on any atom is -0.493 e. The summed E-state index contributed by atoms with van der Waals surface area (Å²) in [7, 11) is 3.19. The maximum absolute atomic E-state index is 13.4. The molecule has 0 aromatic heterocycles. The molecule has 1 atom stereocenters. The summed E-state index contributed by atoms with van der Waals surface area (Å²) in [6.07, 6.45) is 1.97. The molecule has 0 saturated carbocycles. The lowest BCUT2D eigenvalue weighted by atomic mass is 9.90. The van der Waals surface area contributed by atoms with E-state index in [2.05, 4.69) is 10.6 Å². The van der Waals surface area contributed by atoms with E-state index in [0.717, 1.165) is 23.1 Å². The molecule has 1 unspecified atom stereocenters. The number of hydrogen-bond donors (Lipinski definition) is 2. The molecule has 3 aromatic carbocycles. The molecular formula is C29H34N2O4. The summed E-state index contributed by atoms with van der Waals surface area (Å²) in [4.78, 5) is 26.5. The standard InChI is InChI=1S/C29H34N2O4/c1-4-11-24(28(32)30-19-18-21-16-17-25(34-2)26(20-21)35-3)31-29(33)27(22-12-7-5-8-13-22)23-14-9-6-10-15-23/h5-10,12-17,20,24,27H,4,11,18-19H2,1-3H3,(H,30,32)(H,31,33). The van der Waals surface area contributed by atoms with E-state index < -0.39 is 12.0 Å². The second kappa shape index (κ2) is 13.2. The van der Waals surface area contributed by atoms with E-state index in [0.29, 0.717) is 30.9 Å². The Kier molecular flexibility index (Phi) is 9.72. The predicted octanol–water partition coefficient (Wildman–Crippen LogP) is 4.48. The van der Waals surface area contributed by atoms with Crippen molar-refractivity contribution >= 4 is 11.8 Å². The van der Waals surface area contributed by atoms with E-state index in [-0.39, 0.29) is 11.8 Å². The molecule has 0 spiro atoms. The van der Waals surface area contributed by atoms with E-state index in [1.54, 1.807) is 14.2 Å². The number of carbonyl (C=O) groups is 2. The number of amides is 2. The third-order valence-electron chi connectivity index (χ3n) is 5.90. The van der Waals surface area contributed by atoms with Crippen LogP contribution < -0.4 is 20.1 Å². The summed E-state index contributed by atoms with van der Waals surface area (Å²) < 4.78 is 10.6. The zero-order chi connectivity index (χ0) is 25.0. The smallest absolute Gasteiger partial charge is 0.242 e. The summed E-state index contributed by atoms with van der Waals surface area (Å²) in [5, 5.41) is 5.99. The van der Waals surface area contributed by atoms with Crippen molar-refractivity contribution in [1.29, 1.82) is 0 Å².